The van der Waals surface area contributed by atoms with Crippen LogP contribution in [0.4, 0.5) is 0 Å². The number of hydrogen-bond donors (Lipinski definition) is 0. The number of alkyl halides is 1. The van der Waals surface area contributed by atoms with Gasteiger partial charge in [0.25, 0.3) is 0 Å². The number of Topliss-reactive ketones (excluding diaryl/α,β-unsaturated/α-hetero) is 4. The summed E-state index contributed by atoms with van der Waals surface area (Å²) in [5.41, 5.74) is -0.900. The Morgan fingerprint density at radius 1 is 0.885 bits per heavy atom. The Kier molecular flexibility index (Phi) is 22.3. The van der Waals surface area contributed by atoms with Crippen LogP contribution in [-0.2, 0) is 19.2 Å². The number of rotatable bonds is 5. The van der Waals surface area contributed by atoms with Crippen molar-refractivity contribution in [3.63, 3.8) is 0 Å². The average molecular weight is 429 g/mol. The number of carbonyl (C=O) groups is 4. The minimum atomic E-state index is -0.900. The number of ketones is 4. The average Bonchev–Trinajstić information content (AvgIpc) is 2.53. The van der Waals surface area contributed by atoms with Crippen LogP contribution in [0, 0.1) is 35.0 Å². The van der Waals surface area contributed by atoms with Gasteiger partial charge < -0.3 is 0 Å². The van der Waals surface area contributed by atoms with Crippen molar-refractivity contribution in [2.45, 2.75) is 69.2 Å². The maximum Gasteiger partial charge on any atom is 0.144 e. The largest absolute Gasteiger partial charge is 0.299 e. The topological polar surface area (TPSA) is 68.3 Å². The Labute approximate surface area is 168 Å². The fourth-order valence-electron chi connectivity index (χ4n) is 1.12. The number of halogens is 1. The molecule has 0 aliphatic rings. The van der Waals surface area contributed by atoms with Crippen LogP contribution in [0.25, 0.3) is 0 Å². The fourth-order valence-corrected chi connectivity index (χ4v) is 1.40. The smallest absolute Gasteiger partial charge is 0.144 e. The lowest BCUT2D eigenvalue weighted by molar-refractivity contribution is -0.137. The Bertz CT molecular complexity index is 555. The molecule has 0 rings (SSSR count). The molecule has 0 saturated carbocycles. The third-order valence-electron chi connectivity index (χ3n) is 3.64. The van der Waals surface area contributed by atoms with Crippen LogP contribution < -0.4 is 0 Å². The fraction of sp³-hybridized carbons (Fsp3) is 0.619. The first-order valence-electron chi connectivity index (χ1n) is 7.80. The van der Waals surface area contributed by atoms with Crippen molar-refractivity contribution in [3.05, 3.63) is 0 Å². The SMILES string of the molecule is C.CC#CCBr.CC#CCC(C)(C(C)=O)C(C)=O.CC(=O)C(C)C(C)=O. The van der Waals surface area contributed by atoms with Gasteiger partial charge in [0.05, 0.1) is 16.7 Å². The zero-order valence-electron chi connectivity index (χ0n) is 16.5. The van der Waals surface area contributed by atoms with E-state index in [0.717, 1.165) is 5.33 Å². The first-order valence-corrected chi connectivity index (χ1v) is 8.92. The highest BCUT2D eigenvalue weighted by atomic mass is 79.9. The molecule has 0 aromatic heterocycles. The van der Waals surface area contributed by atoms with E-state index < -0.39 is 11.3 Å². The highest BCUT2D eigenvalue weighted by molar-refractivity contribution is 9.09. The molecule has 0 heterocycles. The molecule has 0 spiro atoms. The van der Waals surface area contributed by atoms with Crippen molar-refractivity contribution < 1.29 is 19.2 Å². The van der Waals surface area contributed by atoms with Crippen LogP contribution in [0.3, 0.4) is 0 Å². The Morgan fingerprint density at radius 3 is 1.35 bits per heavy atom. The third kappa shape index (κ3) is 15.8. The molecule has 0 fully saturated rings. The molecule has 4 nitrogen and oxygen atoms in total. The second-order valence-electron chi connectivity index (χ2n) is 5.55. The van der Waals surface area contributed by atoms with Crippen molar-refractivity contribution in [2.24, 2.45) is 11.3 Å². The molecule has 0 atom stereocenters. The van der Waals surface area contributed by atoms with Gasteiger partial charge in [0.2, 0.25) is 0 Å². The summed E-state index contributed by atoms with van der Waals surface area (Å²) in [4.78, 5) is 43.0. The third-order valence-corrected chi connectivity index (χ3v) is 3.92. The normalized spacial score (nSPS) is 8.54. The Balaban J connectivity index is -0.000000150. The van der Waals surface area contributed by atoms with Crippen LogP contribution in [0.2, 0.25) is 0 Å². The molecule has 0 saturated heterocycles. The summed E-state index contributed by atoms with van der Waals surface area (Å²) in [6.45, 7) is 12.5. The number of carbonyl (C=O) groups excluding carboxylic acids is 4. The number of hydrogen-bond acceptors (Lipinski definition) is 4. The van der Waals surface area contributed by atoms with Crippen molar-refractivity contribution in [3.8, 4) is 23.7 Å². The second-order valence-corrected chi connectivity index (χ2v) is 6.11. The van der Waals surface area contributed by atoms with Gasteiger partial charge in [-0.25, -0.2) is 0 Å². The van der Waals surface area contributed by atoms with E-state index in [2.05, 4.69) is 39.6 Å². The summed E-state index contributed by atoms with van der Waals surface area (Å²) in [5, 5.41) is 0.795. The second kappa shape index (κ2) is 18.1. The van der Waals surface area contributed by atoms with Crippen molar-refractivity contribution in [1.82, 2.24) is 0 Å². The van der Waals surface area contributed by atoms with Gasteiger partial charge in [0.15, 0.2) is 0 Å². The van der Waals surface area contributed by atoms with Crippen LogP contribution in [0.1, 0.15) is 69.2 Å². The van der Waals surface area contributed by atoms with E-state index in [1.807, 2.05) is 6.92 Å². The van der Waals surface area contributed by atoms with Crippen LogP contribution >= 0.6 is 15.9 Å². The molecule has 0 N–H and O–H groups in total. The Morgan fingerprint density at radius 2 is 1.23 bits per heavy atom. The van der Waals surface area contributed by atoms with E-state index in [9.17, 15) is 19.2 Å². The first kappa shape index (κ1) is 32.0. The van der Waals surface area contributed by atoms with Gasteiger partial charge in [-0.2, -0.15) is 0 Å². The van der Waals surface area contributed by atoms with Gasteiger partial charge in [0.1, 0.15) is 23.1 Å². The molecule has 0 unspecified atom stereocenters. The van der Waals surface area contributed by atoms with E-state index >= 15 is 0 Å². The predicted molar refractivity (Wildman–Crippen MR) is 112 cm³/mol. The highest BCUT2D eigenvalue weighted by Gasteiger charge is 2.33. The van der Waals surface area contributed by atoms with Gasteiger partial charge in [-0.1, -0.05) is 29.3 Å². The van der Waals surface area contributed by atoms with Gasteiger partial charge in [-0.15, -0.1) is 17.8 Å². The molecule has 5 heteroatoms. The molecule has 0 bridgehead atoms. The lowest BCUT2D eigenvalue weighted by Gasteiger charge is -2.19. The van der Waals surface area contributed by atoms with Crippen molar-refractivity contribution in [1.29, 1.82) is 0 Å². The van der Waals surface area contributed by atoms with Crippen LogP contribution in [0.15, 0.2) is 0 Å². The standard InChI is InChI=1S/C10H14O2.C6H10O2.C4H5Br.CH4/c1-5-6-7-10(4,8(2)11)9(3)12;1-4(5(2)7)6(3)8;1-2-3-4-5;/h7H2,1-4H3;4H,1-3H3;4H2,1H3;1H4. The van der Waals surface area contributed by atoms with E-state index in [1.165, 1.54) is 27.7 Å². The van der Waals surface area contributed by atoms with Crippen molar-refractivity contribution in [2.75, 3.05) is 5.33 Å². The molecule has 0 aliphatic heterocycles. The summed E-state index contributed by atoms with van der Waals surface area (Å²) in [6.07, 6.45) is 0.328. The Hall–Kier alpha value is -1.72. The summed E-state index contributed by atoms with van der Waals surface area (Å²) in [6, 6.07) is 0. The summed E-state index contributed by atoms with van der Waals surface area (Å²) >= 11 is 3.14. The summed E-state index contributed by atoms with van der Waals surface area (Å²) in [5.74, 6) is 10.2. The van der Waals surface area contributed by atoms with Crippen molar-refractivity contribution >= 4 is 39.1 Å². The van der Waals surface area contributed by atoms with Gasteiger partial charge in [-0.05, 0) is 55.4 Å². The van der Waals surface area contributed by atoms with Crippen LogP contribution in [-0.4, -0.2) is 28.5 Å². The van der Waals surface area contributed by atoms with E-state index in [-0.39, 0.29) is 30.6 Å². The quantitative estimate of drug-likeness (QED) is 0.369. The monoisotopic (exact) mass is 428 g/mol. The minimum Gasteiger partial charge on any atom is -0.299 e. The summed E-state index contributed by atoms with van der Waals surface area (Å²) in [7, 11) is 0. The molecule has 26 heavy (non-hydrogen) atoms. The van der Waals surface area contributed by atoms with E-state index in [4.69, 9.17) is 0 Å². The zero-order valence-corrected chi connectivity index (χ0v) is 18.1. The molecule has 0 radical (unpaired) electrons. The molecule has 0 aromatic rings. The minimum absolute atomic E-state index is 0. The predicted octanol–water partition coefficient (Wildman–Crippen LogP) is 4.43. The van der Waals surface area contributed by atoms with E-state index in [1.54, 1.807) is 20.8 Å². The molecule has 0 aliphatic carbocycles. The molecule has 0 amide bonds. The molecule has 148 valence electrons. The zero-order chi connectivity index (χ0) is 20.6. The molecule has 0 aromatic carbocycles. The van der Waals surface area contributed by atoms with Gasteiger partial charge in [0, 0.05) is 6.42 Å². The van der Waals surface area contributed by atoms with Gasteiger partial charge in [-0.3, -0.25) is 19.2 Å². The lowest BCUT2D eigenvalue weighted by Crippen LogP contribution is -2.32. The van der Waals surface area contributed by atoms with Gasteiger partial charge >= 0.3 is 0 Å². The highest BCUT2D eigenvalue weighted by Crippen LogP contribution is 2.23. The summed E-state index contributed by atoms with van der Waals surface area (Å²) < 4.78 is 0. The first-order chi connectivity index (χ1) is 11.4. The maximum atomic E-state index is 11.1. The van der Waals surface area contributed by atoms with Crippen LogP contribution in [0.5, 0.6) is 0 Å². The maximum absolute atomic E-state index is 11.1. The van der Waals surface area contributed by atoms with E-state index in [0.29, 0.717) is 6.42 Å². The lowest BCUT2D eigenvalue weighted by atomic mass is 9.79. The molecular formula is C21H33BrO4. The molecular weight excluding hydrogens is 396 g/mol.